The number of nitrogens with zero attached hydrogens (tertiary/aromatic N) is 1. The smallest absolute Gasteiger partial charge is 0.0205 e. The van der Waals surface area contributed by atoms with Gasteiger partial charge in [-0.1, -0.05) is 38.1 Å². The van der Waals surface area contributed by atoms with Crippen molar-refractivity contribution in [1.82, 2.24) is 10.2 Å². The highest BCUT2D eigenvalue weighted by Crippen LogP contribution is 2.14. The van der Waals surface area contributed by atoms with Crippen LogP contribution in [0.4, 0.5) is 0 Å². The van der Waals surface area contributed by atoms with E-state index in [1.165, 1.54) is 37.2 Å². The molecule has 2 nitrogen and oxygen atoms in total. The van der Waals surface area contributed by atoms with Crippen LogP contribution < -0.4 is 5.32 Å². The van der Waals surface area contributed by atoms with Crippen molar-refractivity contribution in [3.8, 4) is 0 Å². The van der Waals surface area contributed by atoms with Gasteiger partial charge in [-0.25, -0.2) is 0 Å². The fraction of sp³-hybridized carbons (Fsp3) is 0.625. The van der Waals surface area contributed by atoms with E-state index >= 15 is 0 Å². The fourth-order valence-corrected chi connectivity index (χ4v) is 2.68. The van der Waals surface area contributed by atoms with E-state index in [4.69, 9.17) is 0 Å². The number of hydrogen-bond donors (Lipinski definition) is 1. The van der Waals surface area contributed by atoms with E-state index in [0.29, 0.717) is 0 Å². The first kappa shape index (κ1) is 13.6. The standard InChI is InChI=1S/C16H26N2/c1-3-14-5-7-15(8-6-14)11-17-12-16-9-10-18(4-2)13-16/h5-8,16-17H,3-4,9-13H2,1-2H3. The van der Waals surface area contributed by atoms with Crippen LogP contribution in [0.1, 0.15) is 31.4 Å². The van der Waals surface area contributed by atoms with Gasteiger partial charge in [-0.05, 0) is 49.5 Å². The zero-order chi connectivity index (χ0) is 12.8. The van der Waals surface area contributed by atoms with E-state index in [2.05, 4.69) is 48.3 Å². The normalized spacial score (nSPS) is 20.4. The maximum Gasteiger partial charge on any atom is 0.0205 e. The molecule has 1 atom stereocenters. The lowest BCUT2D eigenvalue weighted by Gasteiger charge is -2.13. The van der Waals surface area contributed by atoms with Gasteiger partial charge in [0.05, 0.1) is 0 Å². The Hall–Kier alpha value is -0.860. The van der Waals surface area contributed by atoms with Crippen molar-refractivity contribution >= 4 is 0 Å². The summed E-state index contributed by atoms with van der Waals surface area (Å²) in [6, 6.07) is 8.98. The summed E-state index contributed by atoms with van der Waals surface area (Å²) in [7, 11) is 0. The molecule has 100 valence electrons. The summed E-state index contributed by atoms with van der Waals surface area (Å²) in [5, 5.41) is 3.60. The number of likely N-dealkylation sites (tertiary alicyclic amines) is 1. The Morgan fingerprint density at radius 2 is 1.89 bits per heavy atom. The van der Waals surface area contributed by atoms with Crippen LogP contribution in [0, 0.1) is 5.92 Å². The number of benzene rings is 1. The number of nitrogens with one attached hydrogen (secondary N) is 1. The molecule has 1 aromatic rings. The van der Waals surface area contributed by atoms with Crippen molar-refractivity contribution in [3.05, 3.63) is 35.4 Å². The molecule has 0 amide bonds. The molecular weight excluding hydrogens is 220 g/mol. The van der Waals surface area contributed by atoms with E-state index in [9.17, 15) is 0 Å². The summed E-state index contributed by atoms with van der Waals surface area (Å²) in [6.07, 6.45) is 2.48. The van der Waals surface area contributed by atoms with Gasteiger partial charge in [-0.15, -0.1) is 0 Å². The molecule has 1 aliphatic rings. The number of hydrogen-bond acceptors (Lipinski definition) is 2. The second kappa shape index (κ2) is 6.91. The molecule has 0 saturated carbocycles. The molecule has 2 heteroatoms. The molecule has 1 saturated heterocycles. The van der Waals surface area contributed by atoms with Crippen LogP contribution in [-0.2, 0) is 13.0 Å². The topological polar surface area (TPSA) is 15.3 Å². The summed E-state index contributed by atoms with van der Waals surface area (Å²) >= 11 is 0. The molecule has 1 N–H and O–H groups in total. The highest BCUT2D eigenvalue weighted by molar-refractivity contribution is 5.22. The molecule has 18 heavy (non-hydrogen) atoms. The molecule has 1 aromatic carbocycles. The lowest BCUT2D eigenvalue weighted by molar-refractivity contribution is 0.339. The maximum absolute atomic E-state index is 3.60. The Bertz CT molecular complexity index is 345. The Morgan fingerprint density at radius 1 is 1.17 bits per heavy atom. The van der Waals surface area contributed by atoms with Gasteiger partial charge in [-0.2, -0.15) is 0 Å². The lowest BCUT2D eigenvalue weighted by atomic mass is 10.1. The monoisotopic (exact) mass is 246 g/mol. The predicted molar refractivity (Wildman–Crippen MR) is 77.7 cm³/mol. The van der Waals surface area contributed by atoms with Crippen molar-refractivity contribution in [2.75, 3.05) is 26.2 Å². The lowest BCUT2D eigenvalue weighted by Crippen LogP contribution is -2.26. The second-order valence-corrected chi connectivity index (χ2v) is 5.35. The van der Waals surface area contributed by atoms with E-state index in [-0.39, 0.29) is 0 Å². The summed E-state index contributed by atoms with van der Waals surface area (Å²) in [4.78, 5) is 2.54. The molecule has 0 radical (unpaired) electrons. The minimum absolute atomic E-state index is 0.847. The first-order valence-corrected chi connectivity index (χ1v) is 7.32. The van der Waals surface area contributed by atoms with Crippen LogP contribution in [0.3, 0.4) is 0 Å². The predicted octanol–water partition coefficient (Wildman–Crippen LogP) is 2.68. The first-order chi connectivity index (χ1) is 8.81. The van der Waals surface area contributed by atoms with Gasteiger partial charge in [-0.3, -0.25) is 0 Å². The van der Waals surface area contributed by atoms with E-state index in [1.54, 1.807) is 0 Å². The van der Waals surface area contributed by atoms with Crippen LogP contribution >= 0.6 is 0 Å². The quantitative estimate of drug-likeness (QED) is 0.830. The average molecular weight is 246 g/mol. The van der Waals surface area contributed by atoms with Crippen molar-refractivity contribution in [1.29, 1.82) is 0 Å². The molecule has 2 rings (SSSR count). The van der Waals surface area contributed by atoms with Gasteiger partial charge in [0.1, 0.15) is 0 Å². The average Bonchev–Trinajstić information content (AvgIpc) is 2.87. The molecule has 0 aliphatic carbocycles. The molecule has 1 fully saturated rings. The van der Waals surface area contributed by atoms with Crippen LogP contribution in [-0.4, -0.2) is 31.1 Å². The zero-order valence-corrected chi connectivity index (χ0v) is 11.8. The third-order valence-electron chi connectivity index (χ3n) is 4.01. The Labute approximate surface area is 111 Å². The van der Waals surface area contributed by atoms with E-state index < -0.39 is 0 Å². The van der Waals surface area contributed by atoms with Crippen molar-refractivity contribution in [2.24, 2.45) is 5.92 Å². The molecule has 0 bridgehead atoms. The highest BCUT2D eigenvalue weighted by Gasteiger charge is 2.20. The molecular formula is C16H26N2. The van der Waals surface area contributed by atoms with Gasteiger partial charge < -0.3 is 10.2 Å². The summed E-state index contributed by atoms with van der Waals surface area (Å²) in [5.74, 6) is 0.847. The van der Waals surface area contributed by atoms with Gasteiger partial charge >= 0.3 is 0 Å². The van der Waals surface area contributed by atoms with E-state index in [0.717, 1.165) is 25.4 Å². The molecule has 1 unspecified atom stereocenters. The largest absolute Gasteiger partial charge is 0.312 e. The minimum atomic E-state index is 0.847. The molecule has 1 aliphatic heterocycles. The van der Waals surface area contributed by atoms with Gasteiger partial charge in [0, 0.05) is 13.1 Å². The molecule has 0 aromatic heterocycles. The van der Waals surface area contributed by atoms with Gasteiger partial charge in [0.25, 0.3) is 0 Å². The second-order valence-electron chi connectivity index (χ2n) is 5.35. The Kier molecular flexibility index (Phi) is 5.21. The van der Waals surface area contributed by atoms with Gasteiger partial charge in [0.2, 0.25) is 0 Å². The minimum Gasteiger partial charge on any atom is -0.312 e. The molecule has 1 heterocycles. The summed E-state index contributed by atoms with van der Waals surface area (Å²) in [5.41, 5.74) is 2.82. The fourth-order valence-electron chi connectivity index (χ4n) is 2.68. The molecule has 0 spiro atoms. The van der Waals surface area contributed by atoms with Crippen molar-refractivity contribution in [3.63, 3.8) is 0 Å². The highest BCUT2D eigenvalue weighted by atomic mass is 15.1. The van der Waals surface area contributed by atoms with Crippen molar-refractivity contribution in [2.45, 2.75) is 33.2 Å². The Balaban J connectivity index is 1.68. The number of aryl methyl sites for hydroxylation is 1. The zero-order valence-electron chi connectivity index (χ0n) is 11.8. The SMILES string of the molecule is CCc1ccc(CNCC2CCN(CC)C2)cc1. The Morgan fingerprint density at radius 3 is 2.50 bits per heavy atom. The summed E-state index contributed by atoms with van der Waals surface area (Å²) < 4.78 is 0. The van der Waals surface area contributed by atoms with Crippen LogP contribution in [0.15, 0.2) is 24.3 Å². The van der Waals surface area contributed by atoms with Gasteiger partial charge in [0.15, 0.2) is 0 Å². The maximum atomic E-state index is 3.60. The third-order valence-corrected chi connectivity index (χ3v) is 4.01. The van der Waals surface area contributed by atoms with Crippen LogP contribution in [0.25, 0.3) is 0 Å². The third kappa shape index (κ3) is 3.82. The van der Waals surface area contributed by atoms with Crippen LogP contribution in [0.2, 0.25) is 0 Å². The summed E-state index contributed by atoms with van der Waals surface area (Å²) in [6.45, 7) is 10.4. The first-order valence-electron chi connectivity index (χ1n) is 7.32. The van der Waals surface area contributed by atoms with E-state index in [1.807, 2.05) is 0 Å². The number of rotatable bonds is 6. The van der Waals surface area contributed by atoms with Crippen LogP contribution in [0.5, 0.6) is 0 Å². The van der Waals surface area contributed by atoms with Crippen molar-refractivity contribution < 1.29 is 0 Å².